The van der Waals surface area contributed by atoms with Gasteiger partial charge in [0.05, 0.1) is 0 Å². The van der Waals surface area contributed by atoms with E-state index in [9.17, 15) is 9.59 Å². The van der Waals surface area contributed by atoms with Gasteiger partial charge in [0.2, 0.25) is 0 Å². The third-order valence-corrected chi connectivity index (χ3v) is 4.56. The molecule has 6 heteroatoms. The number of carbonyl (C=O) groups excluding carboxylic acids is 1. The number of nitrogens with two attached hydrogens (primary N) is 1. The molecule has 0 saturated carbocycles. The van der Waals surface area contributed by atoms with Crippen LogP contribution < -0.4 is 11.3 Å². The lowest BCUT2D eigenvalue weighted by Crippen LogP contribution is -2.36. The summed E-state index contributed by atoms with van der Waals surface area (Å²) >= 11 is 0. The maximum absolute atomic E-state index is 12.6. The molecule has 2 heterocycles. The number of nitrogens with zero attached hydrogens (tertiary/aromatic N) is 1. The first-order valence-corrected chi connectivity index (χ1v) is 7.80. The number of rotatable bonds is 3. The monoisotopic (exact) mass is 347 g/mol. The first kappa shape index (κ1) is 18.2. The van der Waals surface area contributed by atoms with Crippen molar-refractivity contribution in [3.05, 3.63) is 58.4 Å². The van der Waals surface area contributed by atoms with E-state index in [0.717, 1.165) is 12.0 Å². The van der Waals surface area contributed by atoms with Crippen molar-refractivity contribution in [1.29, 1.82) is 0 Å². The van der Waals surface area contributed by atoms with Crippen molar-refractivity contribution in [2.24, 2.45) is 11.1 Å². The van der Waals surface area contributed by atoms with Crippen LogP contribution in [0.15, 0.2) is 47.3 Å². The summed E-state index contributed by atoms with van der Waals surface area (Å²) in [6.45, 7) is 3.86. The summed E-state index contributed by atoms with van der Waals surface area (Å²) < 4.78 is 0. The topological polar surface area (TPSA) is 79.2 Å². The molecular formula is C18H22ClN3O2. The lowest BCUT2D eigenvalue weighted by Gasteiger charge is -2.22. The van der Waals surface area contributed by atoms with Gasteiger partial charge in [-0.05, 0) is 36.1 Å². The van der Waals surface area contributed by atoms with E-state index in [4.69, 9.17) is 5.73 Å². The summed E-state index contributed by atoms with van der Waals surface area (Å²) in [4.78, 5) is 29.4. The maximum atomic E-state index is 12.6. The van der Waals surface area contributed by atoms with Crippen LogP contribution in [0.3, 0.4) is 0 Å². The highest BCUT2D eigenvalue weighted by atomic mass is 35.5. The Morgan fingerprint density at radius 3 is 2.54 bits per heavy atom. The van der Waals surface area contributed by atoms with Crippen molar-refractivity contribution >= 4 is 18.3 Å². The molecule has 1 aromatic heterocycles. The van der Waals surface area contributed by atoms with E-state index >= 15 is 0 Å². The van der Waals surface area contributed by atoms with E-state index in [1.54, 1.807) is 17.0 Å². The van der Waals surface area contributed by atoms with Gasteiger partial charge in [0.1, 0.15) is 5.56 Å². The van der Waals surface area contributed by atoms with Crippen LogP contribution >= 0.6 is 12.4 Å². The Hall–Kier alpha value is -2.11. The van der Waals surface area contributed by atoms with Gasteiger partial charge in [-0.1, -0.05) is 37.3 Å². The molecule has 0 aliphatic carbocycles. The van der Waals surface area contributed by atoms with Gasteiger partial charge in [-0.2, -0.15) is 0 Å². The highest BCUT2D eigenvalue weighted by Crippen LogP contribution is 2.29. The van der Waals surface area contributed by atoms with Crippen LogP contribution in [0, 0.1) is 5.41 Å². The quantitative estimate of drug-likeness (QED) is 0.894. The molecule has 0 spiro atoms. The third-order valence-electron chi connectivity index (χ3n) is 4.56. The van der Waals surface area contributed by atoms with Crippen molar-refractivity contribution in [3.63, 3.8) is 0 Å². The summed E-state index contributed by atoms with van der Waals surface area (Å²) in [5.41, 5.74) is 7.19. The van der Waals surface area contributed by atoms with E-state index in [0.29, 0.717) is 25.3 Å². The van der Waals surface area contributed by atoms with Crippen LogP contribution in [0.4, 0.5) is 0 Å². The number of hydrogen-bond acceptors (Lipinski definition) is 3. The van der Waals surface area contributed by atoms with E-state index in [2.05, 4.69) is 11.9 Å². The number of likely N-dealkylation sites (tertiary alicyclic amines) is 1. The number of amides is 1. The molecule has 24 heavy (non-hydrogen) atoms. The van der Waals surface area contributed by atoms with Crippen LogP contribution in [-0.4, -0.2) is 35.4 Å². The summed E-state index contributed by atoms with van der Waals surface area (Å²) in [5, 5.41) is 0. The molecule has 1 atom stereocenters. The van der Waals surface area contributed by atoms with Gasteiger partial charge in [0.25, 0.3) is 11.5 Å². The normalized spacial score (nSPS) is 19.8. The van der Waals surface area contributed by atoms with Crippen LogP contribution in [0.1, 0.15) is 23.7 Å². The lowest BCUT2D eigenvalue weighted by molar-refractivity contribution is 0.0775. The van der Waals surface area contributed by atoms with Crippen molar-refractivity contribution < 1.29 is 4.79 Å². The SMILES string of the molecule is CC1(CN)CCN(C(=O)c2ccc(-c3ccccc3)[nH]c2=O)C1.Cl. The van der Waals surface area contributed by atoms with Crippen molar-refractivity contribution in [3.8, 4) is 11.3 Å². The van der Waals surface area contributed by atoms with Crippen molar-refractivity contribution in [1.82, 2.24) is 9.88 Å². The molecule has 1 fully saturated rings. The zero-order chi connectivity index (χ0) is 16.4. The Kier molecular flexibility index (Phi) is 5.47. The molecule has 3 rings (SSSR count). The number of benzene rings is 1. The second-order valence-corrected chi connectivity index (χ2v) is 6.47. The first-order chi connectivity index (χ1) is 11.0. The Morgan fingerprint density at radius 1 is 1.25 bits per heavy atom. The summed E-state index contributed by atoms with van der Waals surface area (Å²) in [6, 6.07) is 13.0. The second-order valence-electron chi connectivity index (χ2n) is 6.47. The van der Waals surface area contributed by atoms with Crippen LogP contribution in [0.2, 0.25) is 0 Å². The van der Waals surface area contributed by atoms with Crippen LogP contribution in [0.25, 0.3) is 11.3 Å². The van der Waals surface area contributed by atoms with Crippen LogP contribution in [-0.2, 0) is 0 Å². The highest BCUT2D eigenvalue weighted by Gasteiger charge is 2.35. The van der Waals surface area contributed by atoms with Gasteiger partial charge >= 0.3 is 0 Å². The first-order valence-electron chi connectivity index (χ1n) is 7.80. The number of aromatic amines is 1. The predicted molar refractivity (Wildman–Crippen MR) is 97.4 cm³/mol. The van der Waals surface area contributed by atoms with Crippen molar-refractivity contribution in [2.45, 2.75) is 13.3 Å². The molecular weight excluding hydrogens is 326 g/mol. The fraction of sp³-hybridized carbons (Fsp3) is 0.333. The molecule has 128 valence electrons. The fourth-order valence-corrected chi connectivity index (χ4v) is 2.96. The van der Waals surface area contributed by atoms with E-state index in [-0.39, 0.29) is 34.9 Å². The smallest absolute Gasteiger partial charge is 0.261 e. The number of hydrogen-bond donors (Lipinski definition) is 2. The fourth-order valence-electron chi connectivity index (χ4n) is 2.96. The number of halogens is 1. The molecule has 1 unspecified atom stereocenters. The number of carbonyl (C=O) groups is 1. The Morgan fingerprint density at radius 2 is 1.96 bits per heavy atom. The van der Waals surface area contributed by atoms with Gasteiger partial charge in [-0.15, -0.1) is 12.4 Å². The minimum Gasteiger partial charge on any atom is -0.338 e. The van der Waals surface area contributed by atoms with E-state index < -0.39 is 0 Å². The van der Waals surface area contributed by atoms with E-state index in [1.807, 2.05) is 30.3 Å². The number of nitrogens with one attached hydrogen (secondary N) is 1. The summed E-state index contributed by atoms with van der Waals surface area (Å²) in [7, 11) is 0. The Balaban J connectivity index is 0.00000208. The number of aromatic nitrogens is 1. The van der Waals surface area contributed by atoms with Gasteiger partial charge in [-0.3, -0.25) is 9.59 Å². The minimum atomic E-state index is -0.349. The Labute approximate surface area is 147 Å². The molecule has 1 saturated heterocycles. The molecule has 3 N–H and O–H groups in total. The zero-order valence-corrected chi connectivity index (χ0v) is 14.4. The average Bonchev–Trinajstić information content (AvgIpc) is 2.98. The predicted octanol–water partition coefficient (Wildman–Crippen LogP) is 2.27. The largest absolute Gasteiger partial charge is 0.338 e. The van der Waals surface area contributed by atoms with Gasteiger partial charge in [0.15, 0.2) is 0 Å². The third kappa shape index (κ3) is 3.52. The molecule has 1 aromatic carbocycles. The number of H-pyrrole nitrogens is 1. The average molecular weight is 348 g/mol. The number of pyridine rings is 1. The maximum Gasteiger partial charge on any atom is 0.261 e. The van der Waals surface area contributed by atoms with Gasteiger partial charge in [-0.25, -0.2) is 0 Å². The molecule has 2 aromatic rings. The second kappa shape index (κ2) is 7.20. The van der Waals surface area contributed by atoms with E-state index in [1.165, 1.54) is 0 Å². The molecule has 0 bridgehead atoms. The zero-order valence-electron chi connectivity index (χ0n) is 13.6. The Bertz CT molecular complexity index is 775. The molecule has 1 amide bonds. The summed E-state index contributed by atoms with van der Waals surface area (Å²) in [6.07, 6.45) is 0.870. The molecule has 1 aliphatic heterocycles. The van der Waals surface area contributed by atoms with Gasteiger partial charge < -0.3 is 15.6 Å². The molecule has 1 aliphatic rings. The molecule has 5 nitrogen and oxygen atoms in total. The van der Waals surface area contributed by atoms with Crippen LogP contribution in [0.5, 0.6) is 0 Å². The lowest BCUT2D eigenvalue weighted by atomic mass is 9.90. The minimum absolute atomic E-state index is 0. The van der Waals surface area contributed by atoms with Crippen molar-refractivity contribution in [2.75, 3.05) is 19.6 Å². The summed E-state index contributed by atoms with van der Waals surface area (Å²) in [5.74, 6) is -0.219. The molecule has 0 radical (unpaired) electrons. The van der Waals surface area contributed by atoms with Gasteiger partial charge in [0, 0.05) is 18.8 Å². The highest BCUT2D eigenvalue weighted by molar-refractivity contribution is 5.94. The standard InChI is InChI=1S/C18H21N3O2.ClH/c1-18(11-19)9-10-21(12-18)17(23)14-7-8-15(20-16(14)22)13-5-3-2-4-6-13;/h2-8H,9-12,19H2,1H3,(H,20,22);1H.